The molecule has 0 radical (unpaired) electrons. The molecule has 13 heavy (non-hydrogen) atoms. The quantitative estimate of drug-likeness (QED) is 0.394. The molecule has 0 amide bonds. The molecule has 1 atom stereocenters. The summed E-state index contributed by atoms with van der Waals surface area (Å²) in [6.07, 6.45) is 5.66. The molecule has 1 aliphatic carbocycles. The van der Waals surface area contributed by atoms with Crippen LogP contribution in [0.25, 0.3) is 0 Å². The molecule has 4 nitrogen and oxygen atoms in total. The number of hydrogen-bond donors (Lipinski definition) is 0. The molecule has 1 unspecified atom stereocenters. The Bertz CT molecular complexity index is 311. The molecule has 6 heteroatoms. The SMILES string of the molecule is O=S([O-])c1cn(CC2CC2)cn1.[Li+]. The fraction of sp³-hybridized carbons (Fsp3) is 0.571. The van der Waals surface area contributed by atoms with Crippen molar-refractivity contribution in [3.63, 3.8) is 0 Å². The summed E-state index contributed by atoms with van der Waals surface area (Å²) in [6.45, 7) is 0.907. The molecule has 1 saturated carbocycles. The van der Waals surface area contributed by atoms with Gasteiger partial charge >= 0.3 is 18.9 Å². The Morgan fingerprint density at radius 3 is 2.85 bits per heavy atom. The summed E-state index contributed by atoms with van der Waals surface area (Å²) in [5, 5.41) is 0.135. The van der Waals surface area contributed by atoms with Crippen LogP contribution in [0.4, 0.5) is 0 Å². The Morgan fingerprint density at radius 1 is 1.69 bits per heavy atom. The van der Waals surface area contributed by atoms with Crippen LogP contribution in [0.15, 0.2) is 17.6 Å². The van der Waals surface area contributed by atoms with E-state index < -0.39 is 11.1 Å². The van der Waals surface area contributed by atoms with E-state index in [1.54, 1.807) is 12.5 Å². The molecule has 2 rings (SSSR count). The largest absolute Gasteiger partial charge is 1.00 e. The Morgan fingerprint density at radius 2 is 2.38 bits per heavy atom. The van der Waals surface area contributed by atoms with Crippen LogP contribution in [0.3, 0.4) is 0 Å². The molecule has 0 aliphatic heterocycles. The van der Waals surface area contributed by atoms with Gasteiger partial charge in [0.25, 0.3) is 0 Å². The van der Waals surface area contributed by atoms with Gasteiger partial charge in [0.1, 0.15) is 5.03 Å². The topological polar surface area (TPSA) is 57.9 Å². The average Bonchev–Trinajstić information content (AvgIpc) is 2.66. The molecule has 0 aromatic carbocycles. The van der Waals surface area contributed by atoms with E-state index in [4.69, 9.17) is 0 Å². The van der Waals surface area contributed by atoms with Crippen molar-refractivity contribution >= 4 is 11.1 Å². The van der Waals surface area contributed by atoms with Gasteiger partial charge in [0, 0.05) is 12.7 Å². The number of imidazole rings is 1. The van der Waals surface area contributed by atoms with Gasteiger partial charge in [0.05, 0.1) is 6.33 Å². The molecule has 1 fully saturated rings. The summed E-state index contributed by atoms with van der Waals surface area (Å²) in [5.74, 6) is 0.743. The van der Waals surface area contributed by atoms with E-state index in [-0.39, 0.29) is 23.9 Å². The summed E-state index contributed by atoms with van der Waals surface area (Å²) >= 11 is -2.18. The van der Waals surface area contributed by atoms with Crippen molar-refractivity contribution in [3.8, 4) is 0 Å². The summed E-state index contributed by atoms with van der Waals surface area (Å²) < 4.78 is 22.7. The van der Waals surface area contributed by atoms with Crippen LogP contribution in [0.1, 0.15) is 12.8 Å². The van der Waals surface area contributed by atoms with Crippen LogP contribution in [0.5, 0.6) is 0 Å². The van der Waals surface area contributed by atoms with Gasteiger partial charge in [-0.2, -0.15) is 0 Å². The van der Waals surface area contributed by atoms with Crippen LogP contribution in [0, 0.1) is 5.92 Å². The van der Waals surface area contributed by atoms with Gasteiger partial charge in [-0.25, -0.2) is 4.98 Å². The maximum Gasteiger partial charge on any atom is 1.00 e. The molecule has 1 aliphatic rings. The van der Waals surface area contributed by atoms with Crippen LogP contribution >= 0.6 is 0 Å². The van der Waals surface area contributed by atoms with E-state index >= 15 is 0 Å². The Labute approximate surface area is 91.2 Å². The first kappa shape index (κ1) is 11.0. The van der Waals surface area contributed by atoms with Gasteiger partial charge in [-0.1, -0.05) is 0 Å². The molecule has 1 aromatic heterocycles. The zero-order valence-electron chi connectivity index (χ0n) is 7.47. The van der Waals surface area contributed by atoms with E-state index in [1.165, 1.54) is 12.8 Å². The van der Waals surface area contributed by atoms with Gasteiger partial charge in [0.2, 0.25) is 0 Å². The van der Waals surface area contributed by atoms with Crippen LogP contribution in [-0.4, -0.2) is 18.3 Å². The van der Waals surface area contributed by atoms with E-state index in [0.29, 0.717) is 0 Å². The molecule has 0 spiro atoms. The first-order chi connectivity index (χ1) is 5.75. The van der Waals surface area contributed by atoms with Crippen LogP contribution in [0.2, 0.25) is 0 Å². The van der Waals surface area contributed by atoms with E-state index in [9.17, 15) is 8.76 Å². The third-order valence-electron chi connectivity index (χ3n) is 1.95. The molecule has 0 saturated heterocycles. The maximum atomic E-state index is 10.4. The zero-order chi connectivity index (χ0) is 8.55. The minimum atomic E-state index is -2.18. The predicted octanol–water partition coefficient (Wildman–Crippen LogP) is -2.46. The van der Waals surface area contributed by atoms with Crippen molar-refractivity contribution in [1.29, 1.82) is 0 Å². The van der Waals surface area contributed by atoms with Crippen molar-refractivity contribution in [1.82, 2.24) is 9.55 Å². The van der Waals surface area contributed by atoms with E-state index in [2.05, 4.69) is 4.98 Å². The van der Waals surface area contributed by atoms with E-state index in [0.717, 1.165) is 12.5 Å². The summed E-state index contributed by atoms with van der Waals surface area (Å²) in [7, 11) is 0. The summed E-state index contributed by atoms with van der Waals surface area (Å²) in [4.78, 5) is 3.75. The molecule has 1 heterocycles. The minimum Gasteiger partial charge on any atom is -0.767 e. The standard InChI is InChI=1S/C7H10N2O2S.Li/c10-12(11)7-4-9(5-8-7)3-6-1-2-6;/h4-6H,1-3H2,(H,10,11);/q;+1/p-1. The molecular formula is C7H9LiN2O2S. The van der Waals surface area contributed by atoms with Crippen molar-refractivity contribution < 1.29 is 27.6 Å². The van der Waals surface area contributed by atoms with Crippen molar-refractivity contribution in [2.75, 3.05) is 0 Å². The van der Waals surface area contributed by atoms with Gasteiger partial charge in [-0.3, -0.25) is 4.21 Å². The fourth-order valence-electron chi connectivity index (χ4n) is 1.12. The first-order valence-corrected chi connectivity index (χ1v) is 4.94. The number of rotatable bonds is 3. The Hall–Kier alpha value is -0.0826. The van der Waals surface area contributed by atoms with Crippen molar-refractivity contribution in [2.45, 2.75) is 24.4 Å². The predicted molar refractivity (Wildman–Crippen MR) is 42.1 cm³/mol. The smallest absolute Gasteiger partial charge is 0.767 e. The molecule has 0 N–H and O–H groups in total. The first-order valence-electron chi connectivity index (χ1n) is 3.87. The number of nitrogens with zero attached hydrogens (tertiary/aromatic N) is 2. The third kappa shape index (κ3) is 2.95. The fourth-order valence-corrected chi connectivity index (χ4v) is 1.48. The maximum absolute atomic E-state index is 10.4. The molecule has 1 aromatic rings. The third-order valence-corrected chi connectivity index (χ3v) is 2.50. The monoisotopic (exact) mass is 192 g/mol. The minimum absolute atomic E-state index is 0. The average molecular weight is 192 g/mol. The molecule has 66 valence electrons. The number of aromatic nitrogens is 2. The van der Waals surface area contributed by atoms with Gasteiger partial charge < -0.3 is 9.12 Å². The Balaban J connectivity index is 0.000000845. The number of hydrogen-bond acceptors (Lipinski definition) is 3. The normalized spacial score (nSPS) is 17.9. The van der Waals surface area contributed by atoms with Gasteiger partial charge in [-0.05, 0) is 29.8 Å². The summed E-state index contributed by atoms with van der Waals surface area (Å²) in [6, 6.07) is 0. The van der Waals surface area contributed by atoms with E-state index in [1.807, 2.05) is 4.57 Å². The summed E-state index contributed by atoms with van der Waals surface area (Å²) in [5.41, 5.74) is 0. The molecular weight excluding hydrogens is 183 g/mol. The van der Waals surface area contributed by atoms with Crippen LogP contribution < -0.4 is 18.9 Å². The molecule has 0 bridgehead atoms. The second-order valence-corrected chi connectivity index (χ2v) is 3.97. The second kappa shape index (κ2) is 4.42. The van der Waals surface area contributed by atoms with Crippen LogP contribution in [-0.2, 0) is 17.6 Å². The zero-order valence-corrected chi connectivity index (χ0v) is 8.29. The van der Waals surface area contributed by atoms with Gasteiger partial charge in [-0.15, -0.1) is 0 Å². The van der Waals surface area contributed by atoms with Gasteiger partial charge in [0.15, 0.2) is 0 Å². The second-order valence-electron chi connectivity index (χ2n) is 3.09. The Kier molecular flexibility index (Phi) is 3.74. The van der Waals surface area contributed by atoms with Crippen molar-refractivity contribution in [2.24, 2.45) is 5.92 Å². The van der Waals surface area contributed by atoms with Crippen molar-refractivity contribution in [3.05, 3.63) is 12.5 Å².